The van der Waals surface area contributed by atoms with Crippen molar-refractivity contribution in [2.24, 2.45) is 17.8 Å². The Bertz CT molecular complexity index is 444. The van der Waals surface area contributed by atoms with E-state index >= 15 is 0 Å². The summed E-state index contributed by atoms with van der Waals surface area (Å²) >= 11 is 0. The van der Waals surface area contributed by atoms with E-state index in [1.807, 2.05) is 13.8 Å². The number of hydrogen-bond donors (Lipinski definition) is 3. The highest BCUT2D eigenvalue weighted by Crippen LogP contribution is 2.40. The molecule has 0 saturated heterocycles. The number of aliphatic hydroxyl groups is 1. The molecule has 0 aromatic rings. The Morgan fingerprint density at radius 2 is 2.00 bits per heavy atom. The Kier molecular flexibility index (Phi) is 7.22. The number of carbonyl (C=O) groups excluding carboxylic acids is 1. The van der Waals surface area contributed by atoms with Gasteiger partial charge < -0.3 is 19.6 Å². The molecule has 0 fully saturated rings. The Morgan fingerprint density at radius 3 is 2.55 bits per heavy atom. The molecule has 0 spiro atoms. The van der Waals surface area contributed by atoms with E-state index in [9.17, 15) is 14.5 Å². The summed E-state index contributed by atoms with van der Waals surface area (Å²) in [6.45, 7) is 5.31. The first kappa shape index (κ1) is 19.3. The fraction of sp³-hybridized carbons (Fsp3) is 0.786. The number of phosphoric acid groups is 1. The molecular weight excluding hydrogens is 311 g/mol. The Balaban J connectivity index is 2.61. The minimum absolute atomic E-state index is 0.0117. The van der Waals surface area contributed by atoms with E-state index in [0.29, 0.717) is 12.8 Å². The first-order chi connectivity index (χ1) is 10.1. The van der Waals surface area contributed by atoms with Crippen LogP contribution in [0.3, 0.4) is 0 Å². The highest BCUT2D eigenvalue weighted by Gasteiger charge is 2.31. The summed E-state index contributed by atoms with van der Waals surface area (Å²) in [6, 6.07) is 0. The molecule has 1 aliphatic rings. The summed E-state index contributed by atoms with van der Waals surface area (Å²) in [5.74, 6) is -0.672. The molecule has 3 N–H and O–H groups in total. The summed E-state index contributed by atoms with van der Waals surface area (Å²) in [4.78, 5) is 29.2. The van der Waals surface area contributed by atoms with Crippen molar-refractivity contribution in [1.29, 1.82) is 0 Å². The molecule has 0 bridgehead atoms. The largest absolute Gasteiger partial charge is 0.469 e. The molecule has 5 atom stereocenters. The van der Waals surface area contributed by atoms with Crippen LogP contribution in [0.25, 0.3) is 0 Å². The third-order valence-corrected chi connectivity index (χ3v) is 4.51. The minimum Gasteiger partial charge on any atom is -0.458 e. The van der Waals surface area contributed by atoms with Gasteiger partial charge in [-0.2, -0.15) is 0 Å². The molecule has 7 nitrogen and oxygen atoms in total. The maximum atomic E-state index is 11.3. The lowest BCUT2D eigenvalue weighted by Crippen LogP contribution is -2.34. The monoisotopic (exact) mass is 336 g/mol. The van der Waals surface area contributed by atoms with Crippen LogP contribution in [0.2, 0.25) is 0 Å². The van der Waals surface area contributed by atoms with Gasteiger partial charge in [0.1, 0.15) is 6.10 Å². The van der Waals surface area contributed by atoms with Crippen LogP contribution >= 0.6 is 7.82 Å². The quantitative estimate of drug-likeness (QED) is 0.456. The number of esters is 1. The van der Waals surface area contributed by atoms with Crippen molar-refractivity contribution in [3.05, 3.63) is 12.2 Å². The molecule has 0 amide bonds. The third kappa shape index (κ3) is 6.18. The molecule has 128 valence electrons. The van der Waals surface area contributed by atoms with Crippen LogP contribution in [-0.2, 0) is 18.6 Å². The Morgan fingerprint density at radius 1 is 1.36 bits per heavy atom. The molecule has 0 aliphatic carbocycles. The normalized spacial score (nSPS) is 26.4. The fourth-order valence-electron chi connectivity index (χ4n) is 2.58. The molecule has 1 rings (SSSR count). The van der Waals surface area contributed by atoms with Gasteiger partial charge in [-0.25, -0.2) is 9.36 Å². The number of aliphatic hydroxyl groups excluding tert-OH is 1. The number of phosphoric ester groups is 1. The summed E-state index contributed by atoms with van der Waals surface area (Å²) in [7, 11) is -4.61. The van der Waals surface area contributed by atoms with Crippen molar-refractivity contribution < 1.29 is 33.5 Å². The second kappa shape index (κ2) is 8.22. The summed E-state index contributed by atoms with van der Waals surface area (Å²) in [6.07, 6.45) is 3.11. The zero-order valence-corrected chi connectivity index (χ0v) is 14.0. The predicted molar refractivity (Wildman–Crippen MR) is 79.7 cm³/mol. The van der Waals surface area contributed by atoms with Crippen LogP contribution in [-0.4, -0.2) is 39.7 Å². The van der Waals surface area contributed by atoms with Crippen molar-refractivity contribution in [3.8, 4) is 0 Å². The average molecular weight is 336 g/mol. The number of ether oxygens (including phenoxy) is 1. The maximum absolute atomic E-state index is 11.3. The molecule has 0 radical (unpaired) electrons. The van der Waals surface area contributed by atoms with Gasteiger partial charge in [-0.1, -0.05) is 26.8 Å². The first-order valence-electron chi connectivity index (χ1n) is 7.37. The van der Waals surface area contributed by atoms with E-state index in [4.69, 9.17) is 19.0 Å². The molecule has 8 heteroatoms. The van der Waals surface area contributed by atoms with Gasteiger partial charge in [0, 0.05) is 24.5 Å². The highest BCUT2D eigenvalue weighted by atomic mass is 31.2. The molecule has 0 aromatic heterocycles. The molecule has 0 unspecified atom stereocenters. The van der Waals surface area contributed by atoms with E-state index in [1.54, 1.807) is 13.0 Å². The van der Waals surface area contributed by atoms with Crippen molar-refractivity contribution >= 4 is 13.8 Å². The zero-order chi connectivity index (χ0) is 16.9. The lowest BCUT2D eigenvalue weighted by Gasteiger charge is -2.31. The summed E-state index contributed by atoms with van der Waals surface area (Å²) < 4.78 is 21.1. The van der Waals surface area contributed by atoms with Gasteiger partial charge in [-0.05, 0) is 18.8 Å². The number of cyclic esters (lactones) is 1. The van der Waals surface area contributed by atoms with Crippen molar-refractivity contribution in [1.82, 2.24) is 0 Å². The Hall–Kier alpha value is -0.720. The second-order valence-electron chi connectivity index (χ2n) is 5.97. The lowest BCUT2D eigenvalue weighted by molar-refractivity contribution is -0.149. The lowest BCUT2D eigenvalue weighted by atomic mass is 9.86. The van der Waals surface area contributed by atoms with Crippen molar-refractivity contribution in [2.75, 3.05) is 6.61 Å². The molecular formula is C14H25O7P. The third-order valence-electron chi connectivity index (χ3n) is 3.97. The average Bonchev–Trinajstić information content (AvgIpc) is 2.43. The SMILES string of the molecule is C[C@H]1C=CC(=O)O[C@H]1[C@@H](C)CC[C@H](OP(=O)(O)O)[C@@H](C)CO. The smallest absolute Gasteiger partial charge is 0.458 e. The van der Waals surface area contributed by atoms with Crippen LogP contribution in [0, 0.1) is 17.8 Å². The van der Waals surface area contributed by atoms with Gasteiger partial charge in [-0.15, -0.1) is 0 Å². The van der Waals surface area contributed by atoms with Gasteiger partial charge in [0.25, 0.3) is 0 Å². The zero-order valence-electron chi connectivity index (χ0n) is 13.1. The maximum Gasteiger partial charge on any atom is 0.469 e. The van der Waals surface area contributed by atoms with Crippen molar-refractivity contribution in [2.45, 2.75) is 45.8 Å². The number of rotatable bonds is 8. The van der Waals surface area contributed by atoms with E-state index in [2.05, 4.69) is 0 Å². The van der Waals surface area contributed by atoms with Gasteiger partial charge >= 0.3 is 13.8 Å². The van der Waals surface area contributed by atoms with Crippen LogP contribution in [0.15, 0.2) is 12.2 Å². The van der Waals surface area contributed by atoms with E-state index < -0.39 is 19.8 Å². The fourth-order valence-corrected chi connectivity index (χ4v) is 3.25. The van der Waals surface area contributed by atoms with Gasteiger partial charge in [0.15, 0.2) is 0 Å². The molecule has 0 saturated carbocycles. The summed E-state index contributed by atoms with van der Waals surface area (Å²) in [5, 5.41) is 9.18. The van der Waals surface area contributed by atoms with Gasteiger partial charge in [0.2, 0.25) is 0 Å². The second-order valence-corrected chi connectivity index (χ2v) is 7.16. The minimum atomic E-state index is -4.61. The van der Waals surface area contributed by atoms with E-state index in [0.717, 1.165) is 0 Å². The van der Waals surface area contributed by atoms with Crippen LogP contribution < -0.4 is 0 Å². The molecule has 22 heavy (non-hydrogen) atoms. The predicted octanol–water partition coefficient (Wildman–Crippen LogP) is 1.63. The van der Waals surface area contributed by atoms with E-state index in [-0.39, 0.29) is 30.5 Å². The molecule has 0 aromatic carbocycles. The standard InChI is InChI=1S/C14H25O7P/c1-9(14-10(2)5-7-13(16)20-14)4-6-12(11(3)8-15)21-22(17,18)19/h5,7,9-12,14-15H,4,6,8H2,1-3H3,(H2,17,18,19)/t9-,10-,11-,12-,14-/m0/s1. The van der Waals surface area contributed by atoms with Gasteiger partial charge in [0.05, 0.1) is 6.10 Å². The van der Waals surface area contributed by atoms with Gasteiger partial charge in [-0.3, -0.25) is 4.52 Å². The van der Waals surface area contributed by atoms with Crippen LogP contribution in [0.4, 0.5) is 0 Å². The highest BCUT2D eigenvalue weighted by molar-refractivity contribution is 7.46. The Labute approximate surface area is 130 Å². The molecule has 1 aliphatic heterocycles. The first-order valence-corrected chi connectivity index (χ1v) is 8.90. The van der Waals surface area contributed by atoms with Crippen molar-refractivity contribution in [3.63, 3.8) is 0 Å². The summed E-state index contributed by atoms with van der Waals surface area (Å²) in [5.41, 5.74) is 0. The van der Waals surface area contributed by atoms with E-state index in [1.165, 1.54) is 6.08 Å². The van der Waals surface area contributed by atoms with Crippen LogP contribution in [0.5, 0.6) is 0 Å². The van der Waals surface area contributed by atoms with Crippen LogP contribution in [0.1, 0.15) is 33.6 Å². The number of carbonyl (C=O) groups is 1. The topological polar surface area (TPSA) is 113 Å². The number of hydrogen-bond acceptors (Lipinski definition) is 5. The molecule has 1 heterocycles.